The van der Waals surface area contributed by atoms with Gasteiger partial charge in [0.25, 0.3) is 0 Å². The van der Waals surface area contributed by atoms with Gasteiger partial charge in [0.15, 0.2) is 11.6 Å². The summed E-state index contributed by atoms with van der Waals surface area (Å²) in [4.78, 5) is 18.5. The molecule has 7 nitrogen and oxygen atoms in total. The second-order valence-electron chi connectivity index (χ2n) is 2.91. The van der Waals surface area contributed by atoms with Crippen LogP contribution in [0.1, 0.15) is 6.92 Å². The van der Waals surface area contributed by atoms with Crippen LogP contribution in [-0.2, 0) is 4.79 Å². The number of carbonyl (C=O) groups excluding carboxylic acids is 1. The number of amides is 1. The third kappa shape index (κ3) is 2.46. The van der Waals surface area contributed by atoms with Gasteiger partial charge in [0.1, 0.15) is 12.4 Å². The van der Waals surface area contributed by atoms with Crippen LogP contribution in [-0.4, -0.2) is 29.0 Å². The Morgan fingerprint density at radius 1 is 1.60 bits per heavy atom. The van der Waals surface area contributed by atoms with Crippen molar-refractivity contribution in [2.75, 3.05) is 18.2 Å². The van der Waals surface area contributed by atoms with E-state index in [-0.39, 0.29) is 5.82 Å². The Hall–Kier alpha value is -2.05. The summed E-state index contributed by atoms with van der Waals surface area (Å²) in [5, 5.41) is 2.77. The number of nitrogens with one attached hydrogen (secondary N) is 1. The van der Waals surface area contributed by atoms with Crippen molar-refractivity contribution in [3.8, 4) is 5.75 Å². The highest BCUT2D eigenvalue weighted by molar-refractivity contribution is 5.83. The summed E-state index contributed by atoms with van der Waals surface area (Å²) in [6.07, 6.45) is 1.27. The van der Waals surface area contributed by atoms with Gasteiger partial charge in [-0.25, -0.2) is 9.97 Å². The molecule has 1 amide bonds. The fourth-order valence-corrected chi connectivity index (χ4v) is 0.968. The number of hydrogen-bond donors (Lipinski definition) is 3. The van der Waals surface area contributed by atoms with Gasteiger partial charge in [-0.1, -0.05) is 0 Å². The third-order valence-electron chi connectivity index (χ3n) is 1.82. The topological polar surface area (TPSA) is 116 Å². The zero-order valence-corrected chi connectivity index (χ0v) is 8.52. The van der Waals surface area contributed by atoms with Crippen LogP contribution in [0, 0.1) is 0 Å². The smallest absolute Gasteiger partial charge is 0.239 e. The first-order valence-corrected chi connectivity index (χ1v) is 4.26. The molecule has 5 N–H and O–H groups in total. The van der Waals surface area contributed by atoms with Gasteiger partial charge < -0.3 is 21.5 Å². The van der Waals surface area contributed by atoms with E-state index in [1.54, 1.807) is 6.92 Å². The van der Waals surface area contributed by atoms with Crippen molar-refractivity contribution >= 4 is 17.5 Å². The Kier molecular flexibility index (Phi) is 3.27. The number of hydrogen-bond acceptors (Lipinski definition) is 6. The Morgan fingerprint density at radius 2 is 2.27 bits per heavy atom. The lowest BCUT2D eigenvalue weighted by Crippen LogP contribution is -2.33. The molecule has 7 heteroatoms. The molecule has 0 saturated heterocycles. The number of nitrogens with zero attached hydrogens (tertiary/aromatic N) is 2. The summed E-state index contributed by atoms with van der Waals surface area (Å²) in [5.41, 5.74) is 10.6. The molecular weight excluding hydrogens is 198 g/mol. The second-order valence-corrected chi connectivity index (χ2v) is 2.91. The van der Waals surface area contributed by atoms with Crippen LogP contribution in [0.5, 0.6) is 5.75 Å². The van der Waals surface area contributed by atoms with Gasteiger partial charge in [-0.3, -0.25) is 4.79 Å². The van der Waals surface area contributed by atoms with E-state index in [4.69, 9.17) is 16.2 Å². The fourth-order valence-electron chi connectivity index (χ4n) is 0.968. The zero-order chi connectivity index (χ0) is 11.4. The standard InChI is InChI=1S/C8H13N5O2/c1-4(7(10)14)13-8-5(15-2)6(9)11-3-12-8/h3-4H,1-2H3,(H2,10,14)(H3,9,11,12,13). The van der Waals surface area contributed by atoms with E-state index in [1.807, 2.05) is 0 Å². The number of nitrogens with two attached hydrogens (primary N) is 2. The summed E-state index contributed by atoms with van der Waals surface area (Å²) in [6.45, 7) is 1.61. The lowest BCUT2D eigenvalue weighted by atomic mass is 10.3. The molecule has 0 radical (unpaired) electrons. The van der Waals surface area contributed by atoms with Gasteiger partial charge in [-0.2, -0.15) is 0 Å². The van der Waals surface area contributed by atoms with Crippen molar-refractivity contribution in [1.29, 1.82) is 0 Å². The van der Waals surface area contributed by atoms with Crippen molar-refractivity contribution in [3.63, 3.8) is 0 Å². The van der Waals surface area contributed by atoms with Crippen LogP contribution in [0.2, 0.25) is 0 Å². The first kappa shape index (κ1) is 11.0. The predicted octanol–water partition coefficient (Wildman–Crippen LogP) is -0.647. The summed E-state index contributed by atoms with van der Waals surface area (Å²) in [6, 6.07) is -0.562. The largest absolute Gasteiger partial charge is 0.490 e. The monoisotopic (exact) mass is 211 g/mol. The van der Waals surface area contributed by atoms with E-state index >= 15 is 0 Å². The number of methoxy groups -OCH3 is 1. The Bertz CT molecular complexity index is 368. The maximum Gasteiger partial charge on any atom is 0.239 e. The SMILES string of the molecule is COc1c(N)ncnc1NC(C)C(N)=O. The molecule has 1 atom stereocenters. The van der Waals surface area contributed by atoms with Crippen molar-refractivity contribution in [1.82, 2.24) is 9.97 Å². The van der Waals surface area contributed by atoms with Gasteiger partial charge in [0.05, 0.1) is 7.11 Å². The summed E-state index contributed by atoms with van der Waals surface area (Å²) >= 11 is 0. The van der Waals surface area contributed by atoms with Crippen molar-refractivity contribution in [2.24, 2.45) is 5.73 Å². The van der Waals surface area contributed by atoms with E-state index in [9.17, 15) is 4.79 Å². The van der Waals surface area contributed by atoms with Crippen LogP contribution in [0.25, 0.3) is 0 Å². The van der Waals surface area contributed by atoms with Gasteiger partial charge >= 0.3 is 0 Å². The van der Waals surface area contributed by atoms with Gasteiger partial charge in [0, 0.05) is 0 Å². The zero-order valence-electron chi connectivity index (χ0n) is 8.52. The molecule has 0 aliphatic heterocycles. The molecule has 0 aliphatic carbocycles. The molecule has 82 valence electrons. The quantitative estimate of drug-likeness (QED) is 0.609. The fraction of sp³-hybridized carbons (Fsp3) is 0.375. The molecule has 1 aromatic rings. The number of nitrogen functional groups attached to an aromatic ring is 1. The normalized spacial score (nSPS) is 11.9. The molecule has 0 aromatic carbocycles. The summed E-state index contributed by atoms with van der Waals surface area (Å²) in [5.74, 6) is 0.350. The maximum absolute atomic E-state index is 10.8. The molecule has 0 spiro atoms. The maximum atomic E-state index is 10.8. The van der Waals surface area contributed by atoms with Crippen molar-refractivity contribution in [3.05, 3.63) is 6.33 Å². The van der Waals surface area contributed by atoms with Crippen molar-refractivity contribution < 1.29 is 9.53 Å². The van der Waals surface area contributed by atoms with Crippen LogP contribution in [0.4, 0.5) is 11.6 Å². The minimum absolute atomic E-state index is 0.201. The van der Waals surface area contributed by atoms with Crippen molar-refractivity contribution in [2.45, 2.75) is 13.0 Å². The van der Waals surface area contributed by atoms with E-state index in [0.29, 0.717) is 11.6 Å². The molecule has 0 saturated carbocycles. The highest BCUT2D eigenvalue weighted by Crippen LogP contribution is 2.26. The van der Waals surface area contributed by atoms with Crippen LogP contribution in [0.3, 0.4) is 0 Å². The minimum atomic E-state index is -0.562. The van der Waals surface area contributed by atoms with Crippen LogP contribution in [0.15, 0.2) is 6.33 Å². The summed E-state index contributed by atoms with van der Waals surface area (Å²) < 4.78 is 4.99. The van der Waals surface area contributed by atoms with E-state index in [1.165, 1.54) is 13.4 Å². The third-order valence-corrected chi connectivity index (χ3v) is 1.82. The Labute approximate surface area is 86.8 Å². The highest BCUT2D eigenvalue weighted by Gasteiger charge is 2.14. The van der Waals surface area contributed by atoms with E-state index in [0.717, 1.165) is 0 Å². The molecule has 1 aromatic heterocycles. The molecule has 0 aliphatic rings. The lowest BCUT2D eigenvalue weighted by Gasteiger charge is -2.13. The molecule has 0 bridgehead atoms. The number of carbonyl (C=O) groups is 1. The molecule has 1 rings (SSSR count). The number of aromatic nitrogens is 2. The van der Waals surface area contributed by atoms with Crippen LogP contribution >= 0.6 is 0 Å². The second kappa shape index (κ2) is 4.45. The van der Waals surface area contributed by atoms with E-state index < -0.39 is 11.9 Å². The Balaban J connectivity index is 2.94. The molecule has 0 fully saturated rings. The average Bonchev–Trinajstić information content (AvgIpc) is 2.18. The number of anilines is 2. The predicted molar refractivity (Wildman–Crippen MR) is 55.3 cm³/mol. The number of ether oxygens (including phenoxy) is 1. The molecule has 1 unspecified atom stereocenters. The summed E-state index contributed by atoms with van der Waals surface area (Å²) in [7, 11) is 1.44. The number of rotatable bonds is 4. The van der Waals surface area contributed by atoms with Crippen LogP contribution < -0.4 is 21.5 Å². The van der Waals surface area contributed by atoms with Gasteiger partial charge in [-0.15, -0.1) is 0 Å². The number of primary amides is 1. The lowest BCUT2D eigenvalue weighted by molar-refractivity contribution is -0.118. The first-order valence-electron chi connectivity index (χ1n) is 4.26. The van der Waals surface area contributed by atoms with Gasteiger partial charge in [0.2, 0.25) is 11.7 Å². The average molecular weight is 211 g/mol. The molecule has 15 heavy (non-hydrogen) atoms. The Morgan fingerprint density at radius 3 is 2.80 bits per heavy atom. The van der Waals surface area contributed by atoms with Gasteiger partial charge in [-0.05, 0) is 6.92 Å². The molecular formula is C8H13N5O2. The van der Waals surface area contributed by atoms with E-state index in [2.05, 4.69) is 15.3 Å². The molecule has 1 heterocycles. The highest BCUT2D eigenvalue weighted by atomic mass is 16.5. The first-order chi connectivity index (χ1) is 7.06. The minimum Gasteiger partial charge on any atom is -0.490 e.